The van der Waals surface area contributed by atoms with Gasteiger partial charge in [0.2, 0.25) is 0 Å². The number of ketones is 1. The van der Waals surface area contributed by atoms with Gasteiger partial charge in [0, 0.05) is 55.0 Å². The molecule has 1 N–H and O–H groups in total. The summed E-state index contributed by atoms with van der Waals surface area (Å²) >= 11 is 0. The van der Waals surface area contributed by atoms with E-state index in [1.807, 2.05) is 24.3 Å². The predicted octanol–water partition coefficient (Wildman–Crippen LogP) is 4.17. The molecular weight excluding hydrogens is 398 g/mol. The number of nitrogens with zero attached hydrogens (tertiary/aromatic N) is 4. The maximum absolute atomic E-state index is 12.2. The zero-order valence-corrected chi connectivity index (χ0v) is 18.1. The molecular formula is C26H25N5O. The van der Waals surface area contributed by atoms with E-state index in [4.69, 9.17) is 4.98 Å². The first-order valence-corrected chi connectivity index (χ1v) is 11.2. The SMILES string of the molecule is CN1CCN(c2ccc(-c3n[nH]c4ccc(-c5cccc6c5CCC6=O)nc34)cc2)CC1. The molecule has 32 heavy (non-hydrogen) atoms. The number of rotatable bonds is 3. The third-order valence-corrected chi connectivity index (χ3v) is 6.77. The number of carbonyl (C=O) groups excluding carboxylic acids is 1. The monoisotopic (exact) mass is 423 g/mol. The quantitative estimate of drug-likeness (QED) is 0.536. The average Bonchev–Trinajstić information content (AvgIpc) is 3.43. The van der Waals surface area contributed by atoms with Gasteiger partial charge in [0.05, 0.1) is 11.2 Å². The Hall–Kier alpha value is -3.51. The van der Waals surface area contributed by atoms with Crippen LogP contribution in [0.3, 0.4) is 0 Å². The van der Waals surface area contributed by atoms with Crippen LogP contribution in [-0.4, -0.2) is 59.1 Å². The minimum absolute atomic E-state index is 0.229. The first kappa shape index (κ1) is 19.2. The van der Waals surface area contributed by atoms with Gasteiger partial charge in [0.25, 0.3) is 0 Å². The Bertz CT molecular complexity index is 1320. The van der Waals surface area contributed by atoms with Crippen LogP contribution in [0.1, 0.15) is 22.3 Å². The van der Waals surface area contributed by atoms with Gasteiger partial charge >= 0.3 is 0 Å². The molecule has 2 aromatic heterocycles. The molecule has 6 rings (SSSR count). The Morgan fingerprint density at radius 2 is 1.66 bits per heavy atom. The van der Waals surface area contributed by atoms with Crippen molar-refractivity contribution in [3.63, 3.8) is 0 Å². The van der Waals surface area contributed by atoms with E-state index in [-0.39, 0.29) is 5.78 Å². The maximum atomic E-state index is 12.2. The lowest BCUT2D eigenvalue weighted by Gasteiger charge is -2.34. The predicted molar refractivity (Wildman–Crippen MR) is 127 cm³/mol. The Morgan fingerprint density at radius 1 is 0.875 bits per heavy atom. The van der Waals surface area contributed by atoms with Gasteiger partial charge < -0.3 is 9.80 Å². The van der Waals surface area contributed by atoms with Gasteiger partial charge in [-0.15, -0.1) is 0 Å². The van der Waals surface area contributed by atoms with Crippen molar-refractivity contribution in [2.24, 2.45) is 0 Å². The molecule has 6 heteroatoms. The van der Waals surface area contributed by atoms with E-state index in [1.165, 1.54) is 5.69 Å². The van der Waals surface area contributed by atoms with Crippen molar-refractivity contribution in [2.75, 3.05) is 38.1 Å². The van der Waals surface area contributed by atoms with Gasteiger partial charge in [-0.1, -0.05) is 30.3 Å². The summed E-state index contributed by atoms with van der Waals surface area (Å²) in [4.78, 5) is 22.0. The van der Waals surface area contributed by atoms with E-state index in [2.05, 4.69) is 57.4 Å². The summed E-state index contributed by atoms with van der Waals surface area (Å²) in [6.45, 7) is 4.28. The molecule has 0 unspecified atom stereocenters. The minimum Gasteiger partial charge on any atom is -0.369 e. The number of likely N-dealkylation sites (N-methyl/N-ethyl adjacent to an activating group) is 1. The summed E-state index contributed by atoms with van der Waals surface area (Å²) in [7, 11) is 2.17. The molecule has 2 aliphatic rings. The zero-order chi connectivity index (χ0) is 21.7. The fraction of sp³-hybridized carbons (Fsp3) is 0.269. The van der Waals surface area contributed by atoms with E-state index in [0.29, 0.717) is 6.42 Å². The van der Waals surface area contributed by atoms with Crippen LogP contribution in [0.15, 0.2) is 54.6 Å². The summed E-state index contributed by atoms with van der Waals surface area (Å²) in [5.74, 6) is 0.229. The topological polar surface area (TPSA) is 65.1 Å². The smallest absolute Gasteiger partial charge is 0.163 e. The van der Waals surface area contributed by atoms with Crippen LogP contribution in [0.4, 0.5) is 5.69 Å². The number of piperazine rings is 1. The van der Waals surface area contributed by atoms with Crippen molar-refractivity contribution >= 4 is 22.5 Å². The van der Waals surface area contributed by atoms with E-state index in [0.717, 1.165) is 77.3 Å². The van der Waals surface area contributed by atoms with Crippen LogP contribution in [-0.2, 0) is 6.42 Å². The normalized spacial score (nSPS) is 16.7. The summed E-state index contributed by atoms with van der Waals surface area (Å²) in [6.07, 6.45) is 1.38. The third-order valence-electron chi connectivity index (χ3n) is 6.77. The molecule has 0 spiro atoms. The number of aromatic amines is 1. The molecule has 1 fully saturated rings. The van der Waals surface area contributed by atoms with Gasteiger partial charge in [-0.3, -0.25) is 9.89 Å². The molecule has 0 saturated carbocycles. The lowest BCUT2D eigenvalue weighted by Crippen LogP contribution is -2.44. The van der Waals surface area contributed by atoms with Gasteiger partial charge in [-0.2, -0.15) is 5.10 Å². The number of hydrogen-bond acceptors (Lipinski definition) is 5. The lowest BCUT2D eigenvalue weighted by atomic mass is 10.00. The van der Waals surface area contributed by atoms with Gasteiger partial charge in [0.1, 0.15) is 11.2 Å². The highest BCUT2D eigenvalue weighted by Crippen LogP contribution is 2.34. The molecule has 1 saturated heterocycles. The number of pyridine rings is 1. The highest BCUT2D eigenvalue weighted by atomic mass is 16.1. The van der Waals surface area contributed by atoms with Crippen LogP contribution in [0, 0.1) is 0 Å². The molecule has 3 heterocycles. The Balaban J connectivity index is 1.36. The molecule has 1 aliphatic carbocycles. The summed E-state index contributed by atoms with van der Waals surface area (Å²) in [6, 6.07) is 18.6. The van der Waals surface area contributed by atoms with Crippen molar-refractivity contribution in [2.45, 2.75) is 12.8 Å². The molecule has 1 aliphatic heterocycles. The van der Waals surface area contributed by atoms with Gasteiger partial charge in [0.15, 0.2) is 5.78 Å². The van der Waals surface area contributed by atoms with Crippen LogP contribution in [0.25, 0.3) is 33.5 Å². The van der Waals surface area contributed by atoms with E-state index < -0.39 is 0 Å². The molecule has 0 bridgehead atoms. The van der Waals surface area contributed by atoms with Crippen LogP contribution >= 0.6 is 0 Å². The number of benzene rings is 2. The number of H-pyrrole nitrogens is 1. The fourth-order valence-corrected chi connectivity index (χ4v) is 4.88. The van der Waals surface area contributed by atoms with E-state index in [9.17, 15) is 4.79 Å². The molecule has 4 aromatic rings. The largest absolute Gasteiger partial charge is 0.369 e. The molecule has 0 atom stereocenters. The number of fused-ring (bicyclic) bond motifs is 2. The van der Waals surface area contributed by atoms with E-state index in [1.54, 1.807) is 0 Å². The Kier molecular flexibility index (Phi) is 4.54. The second-order valence-electron chi connectivity index (χ2n) is 8.76. The zero-order valence-electron chi connectivity index (χ0n) is 18.1. The minimum atomic E-state index is 0.229. The van der Waals surface area contributed by atoms with E-state index >= 15 is 0 Å². The summed E-state index contributed by atoms with van der Waals surface area (Å²) in [5.41, 5.74) is 8.82. The summed E-state index contributed by atoms with van der Waals surface area (Å²) < 4.78 is 0. The third kappa shape index (κ3) is 3.19. The first-order valence-electron chi connectivity index (χ1n) is 11.2. The van der Waals surface area contributed by atoms with Crippen LogP contribution < -0.4 is 4.90 Å². The lowest BCUT2D eigenvalue weighted by molar-refractivity contribution is 0.0994. The number of aromatic nitrogens is 3. The average molecular weight is 424 g/mol. The molecule has 0 amide bonds. The molecule has 2 aromatic carbocycles. The van der Waals surface area contributed by atoms with Crippen molar-refractivity contribution in [1.29, 1.82) is 0 Å². The second-order valence-corrected chi connectivity index (χ2v) is 8.76. The number of Topliss-reactive ketones (excluding diaryl/α,β-unsaturated/α-hetero) is 1. The second kappa shape index (κ2) is 7.57. The highest BCUT2D eigenvalue weighted by Gasteiger charge is 2.23. The first-order chi connectivity index (χ1) is 15.7. The fourth-order valence-electron chi connectivity index (χ4n) is 4.88. The van der Waals surface area contributed by atoms with Crippen molar-refractivity contribution < 1.29 is 4.79 Å². The van der Waals surface area contributed by atoms with Crippen molar-refractivity contribution in [1.82, 2.24) is 20.1 Å². The summed E-state index contributed by atoms with van der Waals surface area (Å²) in [5, 5.41) is 7.70. The van der Waals surface area contributed by atoms with Crippen molar-refractivity contribution in [3.05, 3.63) is 65.7 Å². The molecule has 0 radical (unpaired) electrons. The molecule has 6 nitrogen and oxygen atoms in total. The van der Waals surface area contributed by atoms with Gasteiger partial charge in [-0.25, -0.2) is 4.98 Å². The van der Waals surface area contributed by atoms with Crippen LogP contribution in [0.5, 0.6) is 0 Å². The van der Waals surface area contributed by atoms with Gasteiger partial charge in [-0.05, 0) is 43.3 Å². The standard InChI is InChI=1S/C26H25N5O/c1-30-13-15-31(16-14-30)18-7-5-17(6-8-18)25-26-23(28-29-25)11-10-22(27-26)20-3-2-4-21-19(20)9-12-24(21)32/h2-8,10-11H,9,12-16H2,1H3,(H,28,29). The number of hydrogen-bond donors (Lipinski definition) is 1. The number of anilines is 1. The number of carbonyl (C=O) groups is 1. The number of nitrogens with one attached hydrogen (secondary N) is 1. The Morgan fingerprint density at radius 3 is 2.47 bits per heavy atom. The maximum Gasteiger partial charge on any atom is 0.163 e. The van der Waals surface area contributed by atoms with Crippen molar-refractivity contribution in [3.8, 4) is 22.5 Å². The Labute approximate surface area is 186 Å². The molecule has 160 valence electrons. The highest BCUT2D eigenvalue weighted by molar-refractivity contribution is 6.02. The van der Waals surface area contributed by atoms with Crippen LogP contribution in [0.2, 0.25) is 0 Å².